The maximum absolute atomic E-state index is 11.0. The zero-order chi connectivity index (χ0) is 13.9. The zero-order valence-electron chi connectivity index (χ0n) is 10.8. The third-order valence-corrected chi connectivity index (χ3v) is 4.03. The molecule has 1 heterocycles. The minimum Gasteiger partial charge on any atom is -0.388 e. The fraction of sp³-hybridized carbons (Fsp3) is 0.357. The second-order valence-electron chi connectivity index (χ2n) is 4.74. The molecule has 0 saturated heterocycles. The van der Waals surface area contributed by atoms with Gasteiger partial charge >= 0.3 is 0 Å². The van der Waals surface area contributed by atoms with E-state index in [2.05, 4.69) is 4.98 Å². The van der Waals surface area contributed by atoms with Gasteiger partial charge in [0.05, 0.1) is 11.6 Å². The van der Waals surface area contributed by atoms with Crippen LogP contribution in [-0.4, -0.2) is 30.5 Å². The topological polar surface area (TPSA) is 67.3 Å². The van der Waals surface area contributed by atoms with Crippen molar-refractivity contribution in [2.45, 2.75) is 18.9 Å². The average Bonchev–Trinajstić information content (AvgIpc) is 2.36. The molecule has 0 aliphatic heterocycles. The van der Waals surface area contributed by atoms with Crippen LogP contribution in [0, 0.1) is 0 Å². The van der Waals surface area contributed by atoms with Crippen molar-refractivity contribution in [2.75, 3.05) is 12.0 Å². The number of sulfone groups is 1. The molecule has 0 saturated carbocycles. The minimum absolute atomic E-state index is 0.110. The van der Waals surface area contributed by atoms with Crippen LogP contribution in [0.3, 0.4) is 0 Å². The monoisotopic (exact) mass is 279 g/mol. The molecule has 5 heteroatoms. The number of fused-ring (bicyclic) bond motifs is 1. The van der Waals surface area contributed by atoms with E-state index in [1.807, 2.05) is 30.3 Å². The largest absolute Gasteiger partial charge is 0.388 e. The van der Waals surface area contributed by atoms with Gasteiger partial charge in [-0.1, -0.05) is 12.1 Å². The summed E-state index contributed by atoms with van der Waals surface area (Å²) in [5, 5.41) is 11.0. The van der Waals surface area contributed by atoms with Gasteiger partial charge in [-0.25, -0.2) is 8.42 Å². The zero-order valence-corrected chi connectivity index (χ0v) is 11.6. The molecule has 102 valence electrons. The second-order valence-corrected chi connectivity index (χ2v) is 7.00. The van der Waals surface area contributed by atoms with Crippen LogP contribution >= 0.6 is 0 Å². The van der Waals surface area contributed by atoms with E-state index in [0.29, 0.717) is 12.8 Å². The quantitative estimate of drug-likeness (QED) is 0.910. The summed E-state index contributed by atoms with van der Waals surface area (Å²) in [4.78, 5) is 4.22. The smallest absolute Gasteiger partial charge is 0.147 e. The summed E-state index contributed by atoms with van der Waals surface area (Å²) < 4.78 is 22.1. The molecular formula is C14H17NO3S. The lowest BCUT2D eigenvalue weighted by atomic mass is 10.0. The van der Waals surface area contributed by atoms with Crippen molar-refractivity contribution in [1.29, 1.82) is 0 Å². The molecule has 2 rings (SSSR count). The van der Waals surface area contributed by atoms with Gasteiger partial charge in [-0.2, -0.15) is 0 Å². The normalized spacial score (nSPS) is 13.6. The fourth-order valence-electron chi connectivity index (χ4n) is 2.01. The number of aliphatic hydroxyl groups is 1. The number of aromatic nitrogens is 1. The van der Waals surface area contributed by atoms with Crippen molar-refractivity contribution in [3.63, 3.8) is 0 Å². The first-order chi connectivity index (χ1) is 8.96. The van der Waals surface area contributed by atoms with Crippen LogP contribution in [0.2, 0.25) is 0 Å². The molecule has 0 fully saturated rings. The van der Waals surface area contributed by atoms with E-state index in [1.54, 1.807) is 6.20 Å². The molecule has 0 aliphatic rings. The van der Waals surface area contributed by atoms with Gasteiger partial charge in [0.25, 0.3) is 0 Å². The van der Waals surface area contributed by atoms with Gasteiger partial charge in [-0.3, -0.25) is 4.98 Å². The Morgan fingerprint density at radius 2 is 2.11 bits per heavy atom. The van der Waals surface area contributed by atoms with E-state index in [0.717, 1.165) is 16.5 Å². The van der Waals surface area contributed by atoms with Crippen LogP contribution in [0.5, 0.6) is 0 Å². The maximum atomic E-state index is 11.0. The summed E-state index contributed by atoms with van der Waals surface area (Å²) in [6, 6.07) is 9.38. The summed E-state index contributed by atoms with van der Waals surface area (Å²) in [6.07, 6.45) is 3.21. The predicted octanol–water partition coefficient (Wildman–Crippen LogP) is 2.09. The van der Waals surface area contributed by atoms with Crippen LogP contribution in [0.25, 0.3) is 10.9 Å². The molecule has 1 aromatic carbocycles. The highest BCUT2D eigenvalue weighted by molar-refractivity contribution is 7.90. The summed E-state index contributed by atoms with van der Waals surface area (Å²) in [5.41, 5.74) is 1.68. The van der Waals surface area contributed by atoms with Gasteiger partial charge in [0.2, 0.25) is 0 Å². The van der Waals surface area contributed by atoms with Crippen LogP contribution in [-0.2, 0) is 9.84 Å². The second kappa shape index (κ2) is 5.67. The van der Waals surface area contributed by atoms with Crippen molar-refractivity contribution in [3.8, 4) is 0 Å². The van der Waals surface area contributed by atoms with Gasteiger partial charge in [0, 0.05) is 23.6 Å². The highest BCUT2D eigenvalue weighted by Gasteiger charge is 2.10. The number of hydrogen-bond donors (Lipinski definition) is 1. The third-order valence-electron chi connectivity index (χ3n) is 3.00. The molecule has 0 radical (unpaired) electrons. The molecule has 0 spiro atoms. The number of nitrogens with zero attached hydrogens (tertiary/aromatic N) is 1. The summed E-state index contributed by atoms with van der Waals surface area (Å²) in [7, 11) is -2.96. The van der Waals surface area contributed by atoms with E-state index in [4.69, 9.17) is 0 Å². The Hall–Kier alpha value is -1.46. The van der Waals surface area contributed by atoms with E-state index in [1.165, 1.54) is 6.26 Å². The number of pyridine rings is 1. The Morgan fingerprint density at radius 3 is 2.84 bits per heavy atom. The lowest BCUT2D eigenvalue weighted by Gasteiger charge is -2.11. The van der Waals surface area contributed by atoms with Gasteiger partial charge in [0.1, 0.15) is 9.84 Å². The number of benzene rings is 1. The van der Waals surface area contributed by atoms with Crippen LogP contribution in [0.1, 0.15) is 24.5 Å². The first-order valence-corrected chi connectivity index (χ1v) is 8.22. The molecule has 1 aromatic heterocycles. The first kappa shape index (κ1) is 14.0. The summed E-state index contributed by atoms with van der Waals surface area (Å²) in [6.45, 7) is 0. The van der Waals surface area contributed by atoms with Gasteiger partial charge < -0.3 is 5.11 Å². The van der Waals surface area contributed by atoms with E-state index in [9.17, 15) is 13.5 Å². The first-order valence-electron chi connectivity index (χ1n) is 6.16. The Morgan fingerprint density at radius 1 is 1.32 bits per heavy atom. The minimum atomic E-state index is -2.96. The Labute approximate surface area is 113 Å². The molecular weight excluding hydrogens is 262 g/mol. The van der Waals surface area contributed by atoms with Crippen molar-refractivity contribution in [1.82, 2.24) is 4.98 Å². The SMILES string of the molecule is CS(=O)(=O)CCCC(O)c1ccc2ncccc2c1. The van der Waals surface area contributed by atoms with Crippen molar-refractivity contribution < 1.29 is 13.5 Å². The standard InChI is InChI=1S/C14H17NO3S/c1-19(17,18)9-3-5-14(16)12-6-7-13-11(10-12)4-2-8-15-13/h2,4,6-8,10,14,16H,3,5,9H2,1H3. The van der Waals surface area contributed by atoms with Crippen LogP contribution < -0.4 is 0 Å². The summed E-state index contributed by atoms with van der Waals surface area (Å²) >= 11 is 0. The van der Waals surface area contributed by atoms with Crippen LogP contribution in [0.15, 0.2) is 36.5 Å². The molecule has 0 bridgehead atoms. The molecule has 2 aromatic rings. The average molecular weight is 279 g/mol. The van der Waals surface area contributed by atoms with Gasteiger partial charge in [-0.05, 0) is 36.6 Å². The van der Waals surface area contributed by atoms with E-state index >= 15 is 0 Å². The highest BCUT2D eigenvalue weighted by Crippen LogP contribution is 2.22. The number of rotatable bonds is 5. The summed E-state index contributed by atoms with van der Waals surface area (Å²) in [5.74, 6) is 0.110. The van der Waals surface area contributed by atoms with Crippen molar-refractivity contribution >= 4 is 20.7 Å². The van der Waals surface area contributed by atoms with Gasteiger partial charge in [0.15, 0.2) is 0 Å². The maximum Gasteiger partial charge on any atom is 0.147 e. The molecule has 1 N–H and O–H groups in total. The molecule has 4 nitrogen and oxygen atoms in total. The molecule has 1 unspecified atom stereocenters. The Bertz CT molecular complexity index is 667. The van der Waals surface area contributed by atoms with Crippen molar-refractivity contribution in [2.24, 2.45) is 0 Å². The third kappa shape index (κ3) is 4.01. The Kier molecular flexibility index (Phi) is 4.17. The number of aliphatic hydroxyl groups excluding tert-OH is 1. The lowest BCUT2D eigenvalue weighted by Crippen LogP contribution is -2.05. The molecule has 0 amide bonds. The predicted molar refractivity (Wildman–Crippen MR) is 75.6 cm³/mol. The molecule has 1 atom stereocenters. The van der Waals surface area contributed by atoms with E-state index < -0.39 is 15.9 Å². The number of hydrogen-bond acceptors (Lipinski definition) is 4. The molecule has 0 aliphatic carbocycles. The fourth-order valence-corrected chi connectivity index (χ4v) is 2.70. The Balaban J connectivity index is 2.06. The van der Waals surface area contributed by atoms with Crippen LogP contribution in [0.4, 0.5) is 0 Å². The van der Waals surface area contributed by atoms with E-state index in [-0.39, 0.29) is 5.75 Å². The molecule has 19 heavy (non-hydrogen) atoms. The van der Waals surface area contributed by atoms with Crippen molar-refractivity contribution in [3.05, 3.63) is 42.1 Å². The van der Waals surface area contributed by atoms with Gasteiger partial charge in [-0.15, -0.1) is 0 Å². The highest BCUT2D eigenvalue weighted by atomic mass is 32.2. The lowest BCUT2D eigenvalue weighted by molar-refractivity contribution is 0.167.